The number of benzene rings is 1. The van der Waals surface area contributed by atoms with Gasteiger partial charge in [0.1, 0.15) is 11.5 Å². The molecule has 16 heavy (non-hydrogen) atoms. The number of methoxy groups -OCH3 is 2. The van der Waals surface area contributed by atoms with Crippen LogP contribution in [0.5, 0.6) is 11.5 Å². The predicted octanol–water partition coefficient (Wildman–Crippen LogP) is 2.54. The van der Waals surface area contributed by atoms with Crippen LogP contribution in [0.3, 0.4) is 0 Å². The highest BCUT2D eigenvalue weighted by atomic mass is 16.5. The number of aliphatic hydroxyl groups excluding tert-OH is 1. The Morgan fingerprint density at radius 2 is 1.94 bits per heavy atom. The first-order valence-electron chi connectivity index (χ1n) is 5.62. The third kappa shape index (κ3) is 2.67. The van der Waals surface area contributed by atoms with Gasteiger partial charge < -0.3 is 14.6 Å². The maximum atomic E-state index is 9.35. The Morgan fingerprint density at radius 1 is 1.19 bits per heavy atom. The summed E-state index contributed by atoms with van der Waals surface area (Å²) < 4.78 is 10.6. The second kappa shape index (κ2) is 6.38. The van der Waals surface area contributed by atoms with Crippen molar-refractivity contribution < 1.29 is 14.6 Å². The van der Waals surface area contributed by atoms with Crippen LogP contribution < -0.4 is 9.47 Å². The van der Waals surface area contributed by atoms with Crippen LogP contribution >= 0.6 is 0 Å². The fourth-order valence-electron chi connectivity index (χ4n) is 1.82. The molecular weight excluding hydrogens is 204 g/mol. The summed E-state index contributed by atoms with van der Waals surface area (Å²) in [4.78, 5) is 0. The lowest BCUT2D eigenvalue weighted by Gasteiger charge is -2.15. The SMILES string of the molecule is CCCCc1ccc(OC)c(CO)c1OC. The molecule has 0 bridgehead atoms. The summed E-state index contributed by atoms with van der Waals surface area (Å²) in [6, 6.07) is 3.89. The van der Waals surface area contributed by atoms with Gasteiger partial charge in [-0.25, -0.2) is 0 Å². The van der Waals surface area contributed by atoms with Gasteiger partial charge in [0.25, 0.3) is 0 Å². The molecule has 1 aromatic carbocycles. The molecule has 0 aliphatic heterocycles. The normalized spacial score (nSPS) is 10.2. The highest BCUT2D eigenvalue weighted by Gasteiger charge is 2.13. The second-order valence-electron chi connectivity index (χ2n) is 3.70. The van der Waals surface area contributed by atoms with Crippen molar-refractivity contribution in [2.24, 2.45) is 0 Å². The van der Waals surface area contributed by atoms with Crippen LogP contribution in [0.1, 0.15) is 30.9 Å². The summed E-state index contributed by atoms with van der Waals surface area (Å²) in [5.74, 6) is 1.44. The summed E-state index contributed by atoms with van der Waals surface area (Å²) >= 11 is 0. The molecule has 3 nitrogen and oxygen atoms in total. The van der Waals surface area contributed by atoms with Crippen LogP contribution in [0.25, 0.3) is 0 Å². The zero-order chi connectivity index (χ0) is 12.0. The Labute approximate surface area is 97.0 Å². The summed E-state index contributed by atoms with van der Waals surface area (Å²) in [5.41, 5.74) is 1.87. The molecule has 0 fully saturated rings. The topological polar surface area (TPSA) is 38.7 Å². The molecule has 1 aromatic rings. The third-order valence-corrected chi connectivity index (χ3v) is 2.68. The molecule has 0 amide bonds. The first-order valence-corrected chi connectivity index (χ1v) is 5.62. The van der Waals surface area contributed by atoms with Crippen LogP contribution in [0.15, 0.2) is 12.1 Å². The van der Waals surface area contributed by atoms with Crippen LogP contribution in [0.4, 0.5) is 0 Å². The number of ether oxygens (including phenoxy) is 2. The first-order chi connectivity index (χ1) is 7.78. The minimum Gasteiger partial charge on any atom is -0.496 e. The molecule has 1 N–H and O–H groups in total. The van der Waals surface area contributed by atoms with Crippen molar-refractivity contribution in [1.29, 1.82) is 0 Å². The Balaban J connectivity index is 3.10. The van der Waals surface area contributed by atoms with E-state index in [1.165, 1.54) is 0 Å². The van der Waals surface area contributed by atoms with E-state index in [9.17, 15) is 5.11 Å². The fraction of sp³-hybridized carbons (Fsp3) is 0.538. The van der Waals surface area contributed by atoms with Crippen LogP contribution in [0, 0.1) is 0 Å². The van der Waals surface area contributed by atoms with Crippen molar-refractivity contribution in [3.63, 3.8) is 0 Å². The second-order valence-corrected chi connectivity index (χ2v) is 3.70. The molecule has 0 aliphatic rings. The molecule has 0 heterocycles. The van der Waals surface area contributed by atoms with Crippen LogP contribution in [0.2, 0.25) is 0 Å². The Bertz CT molecular complexity index is 334. The molecule has 0 aromatic heterocycles. The molecule has 0 atom stereocenters. The Kier molecular flexibility index (Phi) is 5.12. The van der Waals surface area contributed by atoms with E-state index in [4.69, 9.17) is 9.47 Å². The average Bonchev–Trinajstić information content (AvgIpc) is 2.34. The molecule has 0 spiro atoms. The van der Waals surface area contributed by atoms with Crippen molar-refractivity contribution in [3.8, 4) is 11.5 Å². The van der Waals surface area contributed by atoms with Crippen molar-refractivity contribution in [2.75, 3.05) is 14.2 Å². The van der Waals surface area contributed by atoms with Gasteiger partial charge in [0.2, 0.25) is 0 Å². The molecule has 90 valence electrons. The monoisotopic (exact) mass is 224 g/mol. The van der Waals surface area contributed by atoms with E-state index in [1.807, 2.05) is 12.1 Å². The van der Waals surface area contributed by atoms with E-state index in [1.54, 1.807) is 14.2 Å². The maximum absolute atomic E-state index is 9.35. The van der Waals surface area contributed by atoms with Gasteiger partial charge in [-0.2, -0.15) is 0 Å². The van der Waals surface area contributed by atoms with E-state index >= 15 is 0 Å². The average molecular weight is 224 g/mol. The van der Waals surface area contributed by atoms with Gasteiger partial charge in [0.15, 0.2) is 0 Å². The minimum absolute atomic E-state index is 0.0632. The van der Waals surface area contributed by atoms with Gasteiger partial charge >= 0.3 is 0 Å². The Hall–Kier alpha value is -1.22. The summed E-state index contributed by atoms with van der Waals surface area (Å²) in [5, 5.41) is 9.35. The molecule has 0 saturated carbocycles. The van der Waals surface area contributed by atoms with Crippen LogP contribution in [-0.2, 0) is 13.0 Å². The smallest absolute Gasteiger partial charge is 0.131 e. The molecule has 0 unspecified atom stereocenters. The van der Waals surface area contributed by atoms with E-state index in [0.717, 1.165) is 36.1 Å². The van der Waals surface area contributed by atoms with Crippen molar-refractivity contribution in [3.05, 3.63) is 23.3 Å². The van der Waals surface area contributed by atoms with E-state index < -0.39 is 0 Å². The quantitative estimate of drug-likeness (QED) is 0.807. The number of aryl methyl sites for hydroxylation is 1. The van der Waals surface area contributed by atoms with Gasteiger partial charge in [-0.1, -0.05) is 19.4 Å². The number of hydrogen-bond acceptors (Lipinski definition) is 3. The van der Waals surface area contributed by atoms with Crippen molar-refractivity contribution >= 4 is 0 Å². The van der Waals surface area contributed by atoms with Gasteiger partial charge in [-0.15, -0.1) is 0 Å². The fourth-order valence-corrected chi connectivity index (χ4v) is 1.82. The van der Waals surface area contributed by atoms with E-state index in [2.05, 4.69) is 6.92 Å². The lowest BCUT2D eigenvalue weighted by atomic mass is 10.0. The molecule has 1 rings (SSSR count). The van der Waals surface area contributed by atoms with Crippen LogP contribution in [-0.4, -0.2) is 19.3 Å². The number of aliphatic hydroxyl groups is 1. The zero-order valence-electron chi connectivity index (χ0n) is 10.2. The number of rotatable bonds is 6. The first kappa shape index (κ1) is 12.8. The zero-order valence-corrected chi connectivity index (χ0v) is 10.2. The highest BCUT2D eigenvalue weighted by Crippen LogP contribution is 2.33. The van der Waals surface area contributed by atoms with E-state index in [-0.39, 0.29) is 6.61 Å². The van der Waals surface area contributed by atoms with Gasteiger partial charge in [0.05, 0.1) is 26.4 Å². The molecular formula is C13H20O3. The highest BCUT2D eigenvalue weighted by molar-refractivity contribution is 5.49. The third-order valence-electron chi connectivity index (χ3n) is 2.68. The Morgan fingerprint density at radius 3 is 2.44 bits per heavy atom. The standard InChI is InChI=1S/C13H20O3/c1-4-5-6-10-7-8-12(15-2)11(9-14)13(10)16-3/h7-8,14H,4-6,9H2,1-3H3. The number of hydrogen-bond donors (Lipinski definition) is 1. The summed E-state index contributed by atoms with van der Waals surface area (Å²) in [6.45, 7) is 2.09. The number of unbranched alkanes of at least 4 members (excludes halogenated alkanes) is 1. The molecule has 0 radical (unpaired) electrons. The minimum atomic E-state index is -0.0632. The lowest BCUT2D eigenvalue weighted by Crippen LogP contribution is -2.01. The van der Waals surface area contributed by atoms with Gasteiger partial charge in [-0.3, -0.25) is 0 Å². The summed E-state index contributed by atoms with van der Waals surface area (Å²) in [6.07, 6.45) is 3.23. The van der Waals surface area contributed by atoms with Crippen molar-refractivity contribution in [1.82, 2.24) is 0 Å². The summed E-state index contributed by atoms with van der Waals surface area (Å²) in [7, 11) is 3.23. The van der Waals surface area contributed by atoms with E-state index in [0.29, 0.717) is 5.75 Å². The van der Waals surface area contributed by atoms with Crippen molar-refractivity contribution in [2.45, 2.75) is 32.8 Å². The van der Waals surface area contributed by atoms with Gasteiger partial charge in [0, 0.05) is 0 Å². The lowest BCUT2D eigenvalue weighted by molar-refractivity contribution is 0.264. The molecule has 0 aliphatic carbocycles. The van der Waals surface area contributed by atoms with Gasteiger partial charge in [-0.05, 0) is 24.5 Å². The molecule has 3 heteroatoms. The predicted molar refractivity (Wildman–Crippen MR) is 64.1 cm³/mol. The molecule has 0 saturated heterocycles. The largest absolute Gasteiger partial charge is 0.496 e. The maximum Gasteiger partial charge on any atom is 0.131 e.